The Balaban J connectivity index is 1.75. The molecule has 1 unspecified atom stereocenters. The van der Waals surface area contributed by atoms with Crippen LogP contribution >= 0.6 is 15.6 Å². The number of ether oxygens (including phenoxy) is 1. The molecule has 5 N–H and O–H groups in total. The van der Waals surface area contributed by atoms with Gasteiger partial charge in [-0.3, -0.25) is 18.5 Å². The van der Waals surface area contributed by atoms with E-state index in [-0.39, 0.29) is 13.0 Å². The Bertz CT molecular complexity index is 1230. The Morgan fingerprint density at radius 2 is 1.68 bits per heavy atom. The first kappa shape index (κ1) is 26.6. The van der Waals surface area contributed by atoms with Gasteiger partial charge in [0.05, 0.1) is 6.61 Å². The molecular weight excluding hydrogens is 505 g/mol. The van der Waals surface area contributed by atoms with E-state index in [9.17, 15) is 38.2 Å². The highest BCUT2D eigenvalue weighted by Gasteiger charge is 2.45. The molecule has 17 heteroatoms. The number of benzene rings is 1. The molecule has 0 bridgehead atoms. The number of phosphoric acid groups is 2. The fraction of sp³-hybridized carbons (Fsp3) is 0.412. The Kier molecular flexibility index (Phi) is 8.05. The number of hydrogen-bond donors (Lipinski definition) is 5. The summed E-state index contributed by atoms with van der Waals surface area (Å²) < 4.78 is 50.4. The fourth-order valence-corrected chi connectivity index (χ4v) is 4.84. The van der Waals surface area contributed by atoms with E-state index in [2.05, 4.69) is 8.83 Å². The van der Waals surface area contributed by atoms with Crippen molar-refractivity contribution in [2.45, 2.75) is 37.5 Å². The van der Waals surface area contributed by atoms with Crippen LogP contribution in [0, 0.1) is 5.82 Å². The third-order valence-electron chi connectivity index (χ3n) is 4.86. The van der Waals surface area contributed by atoms with Crippen molar-refractivity contribution >= 4 is 15.6 Å². The van der Waals surface area contributed by atoms with Crippen molar-refractivity contribution in [2.75, 3.05) is 6.61 Å². The maximum atomic E-state index is 13.0. The average Bonchev–Trinajstić information content (AvgIpc) is 3.00. The van der Waals surface area contributed by atoms with Gasteiger partial charge >= 0.3 is 21.3 Å². The van der Waals surface area contributed by atoms with Crippen molar-refractivity contribution in [1.82, 2.24) is 9.13 Å². The van der Waals surface area contributed by atoms with E-state index in [1.54, 1.807) is 0 Å². The molecule has 14 nitrogen and oxygen atoms in total. The highest BCUT2D eigenvalue weighted by molar-refractivity contribution is 7.60. The quantitative estimate of drug-likeness (QED) is 0.256. The third-order valence-corrected chi connectivity index (χ3v) is 7.01. The fourth-order valence-electron chi connectivity index (χ4n) is 3.25. The molecule has 3 rings (SSSR count). The number of aryl methyl sites for hydroxylation is 1. The molecule has 2 aromatic rings. The SMILES string of the molecule is O=c1ccn([C@@H]2O[C@H](COP(=O)(O)OP(=O)(O)O)[C@@H](O)[C@H]2O)c(=O)n1CCc1ccc(F)cc1. The number of phosphoric ester groups is 1. The molecular formula is C17H21FN2O12P2. The van der Waals surface area contributed by atoms with Crippen molar-refractivity contribution < 1.29 is 52.0 Å². The molecule has 1 aromatic carbocycles. The Hall–Kier alpha value is -2.03. The number of aliphatic hydroxyl groups is 2. The van der Waals surface area contributed by atoms with E-state index >= 15 is 0 Å². The van der Waals surface area contributed by atoms with E-state index in [1.807, 2.05) is 0 Å². The summed E-state index contributed by atoms with van der Waals surface area (Å²) in [4.78, 5) is 51.6. The second-order valence-corrected chi connectivity index (χ2v) is 10.1. The molecule has 34 heavy (non-hydrogen) atoms. The number of aliphatic hydroxyl groups excluding tert-OH is 2. The monoisotopic (exact) mass is 526 g/mol. The molecule has 1 fully saturated rings. The number of halogens is 1. The second-order valence-electron chi connectivity index (χ2n) is 7.25. The molecule has 5 atom stereocenters. The summed E-state index contributed by atoms with van der Waals surface area (Å²) in [6.45, 7) is -1.03. The minimum atomic E-state index is -5.37. The van der Waals surface area contributed by atoms with Gasteiger partial charge in [0.15, 0.2) is 6.23 Å². The standard InChI is InChI=1S/C17H21FN2O12P2/c18-11-3-1-10(2-4-11)5-7-19-13(21)6-8-20(17(19)24)16-15(23)14(22)12(31-16)9-30-34(28,29)32-33(25,26)27/h1-4,6,8,12,14-16,22-23H,5,7,9H2,(H,28,29)(H2,25,26,27)/t12-,14-,15-,16-/m1/s1. The van der Waals surface area contributed by atoms with Crippen molar-refractivity contribution in [3.05, 3.63) is 68.7 Å². The molecule has 0 radical (unpaired) electrons. The number of hydrogen-bond acceptors (Lipinski definition) is 9. The normalized spacial score (nSPS) is 24.8. The summed E-state index contributed by atoms with van der Waals surface area (Å²) in [5.74, 6) is -0.446. The van der Waals surface area contributed by atoms with Crippen LogP contribution in [0.1, 0.15) is 11.8 Å². The van der Waals surface area contributed by atoms with Crippen molar-refractivity contribution in [3.63, 3.8) is 0 Å². The Morgan fingerprint density at radius 1 is 1.03 bits per heavy atom. The summed E-state index contributed by atoms with van der Waals surface area (Å²) in [5, 5.41) is 20.5. The lowest BCUT2D eigenvalue weighted by molar-refractivity contribution is -0.0548. The van der Waals surface area contributed by atoms with Crippen LogP contribution in [0.4, 0.5) is 4.39 Å². The van der Waals surface area contributed by atoms with Crippen LogP contribution in [-0.2, 0) is 35.7 Å². The maximum Gasteiger partial charge on any atom is 0.481 e. The second kappa shape index (κ2) is 10.3. The molecule has 188 valence electrons. The molecule has 1 saturated heterocycles. The zero-order valence-corrected chi connectivity index (χ0v) is 18.9. The molecule has 1 aliphatic heterocycles. The summed E-state index contributed by atoms with van der Waals surface area (Å²) in [6, 6.07) is 6.45. The number of aromatic nitrogens is 2. The molecule has 0 saturated carbocycles. The maximum absolute atomic E-state index is 13.0. The van der Waals surface area contributed by atoms with Crippen LogP contribution < -0.4 is 11.2 Å². The van der Waals surface area contributed by atoms with Gasteiger partial charge in [0.1, 0.15) is 24.1 Å². The molecule has 0 aliphatic carbocycles. The zero-order chi connectivity index (χ0) is 25.3. The average molecular weight is 526 g/mol. The van der Waals surface area contributed by atoms with Gasteiger partial charge < -0.3 is 29.6 Å². The molecule has 1 aliphatic rings. The van der Waals surface area contributed by atoms with Gasteiger partial charge in [0.25, 0.3) is 5.56 Å². The minimum Gasteiger partial charge on any atom is -0.387 e. The van der Waals surface area contributed by atoms with Gasteiger partial charge in [-0.15, -0.1) is 0 Å². The van der Waals surface area contributed by atoms with Crippen LogP contribution in [0.25, 0.3) is 0 Å². The van der Waals surface area contributed by atoms with E-state index < -0.39 is 63.9 Å². The number of nitrogens with zero attached hydrogens (tertiary/aromatic N) is 2. The van der Waals surface area contributed by atoms with E-state index in [4.69, 9.17) is 14.5 Å². The summed E-state index contributed by atoms with van der Waals surface area (Å²) in [6.07, 6.45) is -5.29. The largest absolute Gasteiger partial charge is 0.481 e. The smallest absolute Gasteiger partial charge is 0.387 e. The third kappa shape index (κ3) is 6.55. The first-order valence-corrected chi connectivity index (χ1v) is 12.6. The topological polar surface area (TPSA) is 207 Å². The molecule has 1 aromatic heterocycles. The zero-order valence-electron chi connectivity index (χ0n) is 17.2. The van der Waals surface area contributed by atoms with E-state index in [0.717, 1.165) is 21.4 Å². The lowest BCUT2D eigenvalue weighted by atomic mass is 10.1. The molecule has 2 heterocycles. The van der Waals surface area contributed by atoms with E-state index in [0.29, 0.717) is 5.56 Å². The van der Waals surface area contributed by atoms with Gasteiger partial charge in [0.2, 0.25) is 0 Å². The lowest BCUT2D eigenvalue weighted by Gasteiger charge is -2.19. The van der Waals surface area contributed by atoms with Gasteiger partial charge in [-0.05, 0) is 24.1 Å². The van der Waals surface area contributed by atoms with Crippen molar-refractivity contribution in [2.24, 2.45) is 0 Å². The lowest BCUT2D eigenvalue weighted by Crippen LogP contribution is -2.43. The minimum absolute atomic E-state index is 0.0878. The summed E-state index contributed by atoms with van der Waals surface area (Å²) >= 11 is 0. The van der Waals surface area contributed by atoms with Crippen molar-refractivity contribution in [3.8, 4) is 0 Å². The highest BCUT2D eigenvalue weighted by atomic mass is 31.3. The van der Waals surface area contributed by atoms with Crippen LogP contribution in [0.3, 0.4) is 0 Å². The first-order chi connectivity index (χ1) is 15.8. The number of rotatable bonds is 9. The Labute approximate surface area is 190 Å². The molecule has 0 spiro atoms. The summed E-state index contributed by atoms with van der Waals surface area (Å²) in [7, 11) is -10.6. The van der Waals surface area contributed by atoms with Crippen LogP contribution in [0.5, 0.6) is 0 Å². The van der Waals surface area contributed by atoms with Crippen LogP contribution in [-0.4, -0.2) is 58.9 Å². The first-order valence-electron chi connectivity index (χ1n) is 9.60. The summed E-state index contributed by atoms with van der Waals surface area (Å²) in [5.41, 5.74) is -0.906. The van der Waals surface area contributed by atoms with Gasteiger partial charge in [-0.25, -0.2) is 18.3 Å². The Morgan fingerprint density at radius 3 is 2.29 bits per heavy atom. The predicted molar refractivity (Wildman–Crippen MR) is 110 cm³/mol. The highest BCUT2D eigenvalue weighted by Crippen LogP contribution is 2.57. The van der Waals surface area contributed by atoms with Gasteiger partial charge in [-0.1, -0.05) is 12.1 Å². The van der Waals surface area contributed by atoms with Crippen LogP contribution in [0.15, 0.2) is 46.1 Å². The van der Waals surface area contributed by atoms with Crippen molar-refractivity contribution in [1.29, 1.82) is 0 Å². The van der Waals surface area contributed by atoms with Gasteiger partial charge in [0, 0.05) is 18.8 Å². The molecule has 0 amide bonds. The van der Waals surface area contributed by atoms with Crippen LogP contribution in [0.2, 0.25) is 0 Å². The van der Waals surface area contributed by atoms with E-state index in [1.165, 1.54) is 24.3 Å². The van der Waals surface area contributed by atoms with Gasteiger partial charge in [-0.2, -0.15) is 4.31 Å². The predicted octanol–water partition coefficient (Wildman–Crippen LogP) is -0.763.